The Morgan fingerprint density at radius 2 is 1.75 bits per heavy atom. The Morgan fingerprint density at radius 3 is 2.30 bits per heavy atom. The number of carbonyl (C=O) groups excluding carboxylic acids is 1. The third-order valence-corrected chi connectivity index (χ3v) is 3.60. The molecule has 5 nitrogen and oxygen atoms in total. The molecule has 0 atom stereocenters. The lowest BCUT2D eigenvalue weighted by molar-refractivity contribution is 0.0497. The summed E-state index contributed by atoms with van der Waals surface area (Å²) in [5.41, 5.74) is 0.707. The van der Waals surface area contributed by atoms with Crippen LogP contribution in [0.4, 0.5) is 0 Å². The molecule has 0 bridgehead atoms. The monoisotopic (exact) mass is 277 g/mol. The summed E-state index contributed by atoms with van der Waals surface area (Å²) in [6, 6.07) is 6.04. The van der Waals surface area contributed by atoms with Gasteiger partial charge in [0.1, 0.15) is 0 Å². The summed E-state index contributed by atoms with van der Waals surface area (Å²) >= 11 is 0. The Kier molecular flexibility index (Phi) is 4.74. The van der Waals surface area contributed by atoms with E-state index in [2.05, 4.69) is 0 Å². The molecule has 0 unspecified atom stereocenters. The zero-order valence-corrected chi connectivity index (χ0v) is 11.5. The molecule has 20 heavy (non-hydrogen) atoms. The molecule has 1 heterocycles. The van der Waals surface area contributed by atoms with E-state index < -0.39 is 5.97 Å². The second-order valence-corrected chi connectivity index (χ2v) is 5.12. The molecular weight excluding hydrogens is 258 g/mol. The third-order valence-electron chi connectivity index (χ3n) is 3.60. The van der Waals surface area contributed by atoms with Gasteiger partial charge in [-0.15, -0.1) is 0 Å². The van der Waals surface area contributed by atoms with Crippen LogP contribution in [-0.4, -0.2) is 48.7 Å². The lowest BCUT2D eigenvalue weighted by Gasteiger charge is -2.27. The van der Waals surface area contributed by atoms with E-state index in [4.69, 9.17) is 9.84 Å². The van der Waals surface area contributed by atoms with Crippen LogP contribution in [0.15, 0.2) is 24.3 Å². The van der Waals surface area contributed by atoms with Crippen molar-refractivity contribution in [3.63, 3.8) is 0 Å². The molecule has 1 saturated heterocycles. The highest BCUT2D eigenvalue weighted by atomic mass is 16.5. The van der Waals surface area contributed by atoms with E-state index in [1.165, 1.54) is 12.1 Å². The third kappa shape index (κ3) is 3.57. The fourth-order valence-electron chi connectivity index (χ4n) is 2.37. The Morgan fingerprint density at radius 1 is 1.20 bits per heavy atom. The summed E-state index contributed by atoms with van der Waals surface area (Å²) in [7, 11) is 1.78. The van der Waals surface area contributed by atoms with Gasteiger partial charge in [0.15, 0.2) is 0 Å². The zero-order chi connectivity index (χ0) is 14.5. The van der Waals surface area contributed by atoms with E-state index in [1.54, 1.807) is 24.1 Å². The van der Waals surface area contributed by atoms with E-state index in [0.717, 1.165) is 26.1 Å². The molecule has 0 spiro atoms. The van der Waals surface area contributed by atoms with Gasteiger partial charge in [-0.3, -0.25) is 4.79 Å². The molecule has 1 aromatic rings. The summed E-state index contributed by atoms with van der Waals surface area (Å²) in [4.78, 5) is 24.7. The van der Waals surface area contributed by atoms with E-state index in [9.17, 15) is 9.59 Å². The van der Waals surface area contributed by atoms with Gasteiger partial charge in [0.25, 0.3) is 5.91 Å². The fourth-order valence-corrected chi connectivity index (χ4v) is 2.37. The predicted molar refractivity (Wildman–Crippen MR) is 73.9 cm³/mol. The van der Waals surface area contributed by atoms with Gasteiger partial charge in [-0.05, 0) is 43.0 Å². The highest BCUT2D eigenvalue weighted by Crippen LogP contribution is 2.17. The van der Waals surface area contributed by atoms with Crippen molar-refractivity contribution < 1.29 is 19.4 Å². The van der Waals surface area contributed by atoms with Crippen molar-refractivity contribution in [2.75, 3.05) is 26.8 Å². The Hall–Kier alpha value is -1.88. The molecule has 108 valence electrons. The molecule has 1 aliphatic heterocycles. The van der Waals surface area contributed by atoms with Gasteiger partial charge in [0, 0.05) is 32.4 Å². The Labute approximate surface area is 118 Å². The normalized spacial score (nSPS) is 15.8. The average molecular weight is 277 g/mol. The number of hydrogen-bond acceptors (Lipinski definition) is 3. The number of ether oxygens (including phenoxy) is 1. The zero-order valence-electron chi connectivity index (χ0n) is 11.5. The lowest BCUT2D eigenvalue weighted by atomic mass is 9.99. The predicted octanol–water partition coefficient (Wildman–Crippen LogP) is 1.88. The van der Waals surface area contributed by atoms with E-state index in [1.807, 2.05) is 0 Å². The Balaban J connectivity index is 1.96. The van der Waals surface area contributed by atoms with Gasteiger partial charge in [-0.2, -0.15) is 0 Å². The number of amides is 1. The number of hydrogen-bond donors (Lipinski definition) is 1. The highest BCUT2D eigenvalue weighted by molar-refractivity contribution is 5.95. The first-order chi connectivity index (χ1) is 9.58. The van der Waals surface area contributed by atoms with Crippen molar-refractivity contribution >= 4 is 11.9 Å². The summed E-state index contributed by atoms with van der Waals surface area (Å²) in [6.07, 6.45) is 1.96. The molecule has 5 heteroatoms. The van der Waals surface area contributed by atoms with Crippen LogP contribution in [0.3, 0.4) is 0 Å². The lowest BCUT2D eigenvalue weighted by Crippen LogP contribution is -2.34. The maximum absolute atomic E-state index is 12.2. The minimum Gasteiger partial charge on any atom is -0.478 e. The van der Waals surface area contributed by atoms with Crippen LogP contribution in [0.2, 0.25) is 0 Å². The van der Waals surface area contributed by atoms with Crippen LogP contribution in [0, 0.1) is 5.92 Å². The van der Waals surface area contributed by atoms with Crippen LogP contribution in [0.1, 0.15) is 33.6 Å². The average Bonchev–Trinajstić information content (AvgIpc) is 2.47. The molecule has 1 aliphatic rings. The molecule has 1 N–H and O–H groups in total. The molecule has 1 amide bonds. The van der Waals surface area contributed by atoms with Gasteiger partial charge in [-0.1, -0.05) is 0 Å². The topological polar surface area (TPSA) is 66.8 Å². The number of carboxylic acid groups (broad SMARTS) is 1. The Bertz CT molecular complexity index is 477. The first kappa shape index (κ1) is 14.5. The number of aromatic carboxylic acids is 1. The van der Waals surface area contributed by atoms with Crippen molar-refractivity contribution in [1.82, 2.24) is 4.90 Å². The minimum absolute atomic E-state index is 0.0755. The highest BCUT2D eigenvalue weighted by Gasteiger charge is 2.19. The van der Waals surface area contributed by atoms with Crippen LogP contribution in [0.25, 0.3) is 0 Å². The van der Waals surface area contributed by atoms with Crippen molar-refractivity contribution in [3.05, 3.63) is 35.4 Å². The second-order valence-electron chi connectivity index (χ2n) is 5.12. The standard InChI is InChI=1S/C15H19NO4/c1-16(10-11-6-8-20-9-7-11)14(17)12-2-4-13(5-3-12)15(18)19/h2-5,11H,6-10H2,1H3,(H,18,19). The van der Waals surface area contributed by atoms with Gasteiger partial charge in [-0.25, -0.2) is 4.79 Å². The quantitative estimate of drug-likeness (QED) is 0.912. The van der Waals surface area contributed by atoms with E-state index in [0.29, 0.717) is 18.0 Å². The molecule has 0 saturated carbocycles. The van der Waals surface area contributed by atoms with Crippen molar-refractivity contribution in [2.24, 2.45) is 5.92 Å². The van der Waals surface area contributed by atoms with Crippen LogP contribution < -0.4 is 0 Å². The molecule has 2 rings (SSSR count). The van der Waals surface area contributed by atoms with Gasteiger partial charge < -0.3 is 14.7 Å². The van der Waals surface area contributed by atoms with Crippen LogP contribution in [0.5, 0.6) is 0 Å². The first-order valence-electron chi connectivity index (χ1n) is 6.74. The second kappa shape index (κ2) is 6.52. The molecular formula is C15H19NO4. The van der Waals surface area contributed by atoms with Crippen molar-refractivity contribution in [1.29, 1.82) is 0 Å². The number of carboxylic acids is 1. The minimum atomic E-state index is -0.987. The first-order valence-corrected chi connectivity index (χ1v) is 6.74. The molecule has 0 aromatic heterocycles. The summed E-state index contributed by atoms with van der Waals surface area (Å²) in [5.74, 6) is -0.580. The summed E-state index contributed by atoms with van der Waals surface area (Å²) in [6.45, 7) is 2.24. The SMILES string of the molecule is CN(CC1CCOCC1)C(=O)c1ccc(C(=O)O)cc1. The van der Waals surface area contributed by atoms with Gasteiger partial charge in [0.2, 0.25) is 0 Å². The smallest absolute Gasteiger partial charge is 0.335 e. The molecule has 0 aliphatic carbocycles. The van der Waals surface area contributed by atoms with Crippen LogP contribution in [-0.2, 0) is 4.74 Å². The van der Waals surface area contributed by atoms with Crippen LogP contribution >= 0.6 is 0 Å². The molecule has 0 radical (unpaired) electrons. The number of carbonyl (C=O) groups is 2. The maximum Gasteiger partial charge on any atom is 0.335 e. The van der Waals surface area contributed by atoms with E-state index in [-0.39, 0.29) is 11.5 Å². The van der Waals surface area contributed by atoms with Gasteiger partial charge >= 0.3 is 5.97 Å². The number of rotatable bonds is 4. The summed E-state index contributed by atoms with van der Waals surface area (Å²) in [5, 5.41) is 8.83. The maximum atomic E-state index is 12.2. The molecule has 1 aromatic carbocycles. The summed E-state index contributed by atoms with van der Waals surface area (Å²) < 4.78 is 5.30. The van der Waals surface area contributed by atoms with E-state index >= 15 is 0 Å². The number of benzene rings is 1. The number of nitrogens with zero attached hydrogens (tertiary/aromatic N) is 1. The fraction of sp³-hybridized carbons (Fsp3) is 0.467. The van der Waals surface area contributed by atoms with Crippen molar-refractivity contribution in [2.45, 2.75) is 12.8 Å². The van der Waals surface area contributed by atoms with Gasteiger partial charge in [0.05, 0.1) is 5.56 Å². The largest absolute Gasteiger partial charge is 0.478 e. The van der Waals surface area contributed by atoms with Crippen molar-refractivity contribution in [3.8, 4) is 0 Å². The molecule has 1 fully saturated rings.